The molecule has 4 heterocycles. The van der Waals surface area contributed by atoms with Crippen LogP contribution in [0.15, 0.2) is 99.4 Å². The molecule has 3 aromatic carbocycles. The van der Waals surface area contributed by atoms with Crippen molar-refractivity contribution in [3.8, 4) is 5.75 Å². The van der Waals surface area contributed by atoms with Crippen molar-refractivity contribution in [3.05, 3.63) is 105 Å². The number of fused-ring (bicyclic) bond motifs is 3. The first-order valence-electron chi connectivity index (χ1n) is 13.2. The number of carbonyl (C=O) groups excluding carboxylic acids is 3. The van der Waals surface area contributed by atoms with E-state index in [9.17, 15) is 19.2 Å². The van der Waals surface area contributed by atoms with Gasteiger partial charge in [-0.2, -0.15) is 0 Å². The second kappa shape index (κ2) is 10.3. The van der Waals surface area contributed by atoms with Gasteiger partial charge < -0.3 is 14.5 Å². The first kappa shape index (κ1) is 26.3. The van der Waals surface area contributed by atoms with Crippen LogP contribution in [0.3, 0.4) is 0 Å². The molecule has 3 unspecified atom stereocenters. The number of furan rings is 1. The third-order valence-corrected chi connectivity index (χ3v) is 10.2. The number of hydrogen-bond acceptors (Lipinski definition) is 8. The van der Waals surface area contributed by atoms with Crippen molar-refractivity contribution in [2.45, 2.75) is 22.7 Å². The van der Waals surface area contributed by atoms with Crippen LogP contribution in [-0.2, 0) is 20.9 Å². The lowest BCUT2D eigenvalue weighted by molar-refractivity contribution is -0.122. The Labute approximate surface area is 247 Å². The highest BCUT2D eigenvalue weighted by molar-refractivity contribution is 8.00. The molecule has 2 aromatic heterocycles. The predicted octanol–water partition coefficient (Wildman–Crippen LogP) is 5.10. The van der Waals surface area contributed by atoms with Crippen LogP contribution < -0.4 is 19.8 Å². The molecule has 1 N–H and O–H groups in total. The zero-order valence-corrected chi connectivity index (χ0v) is 23.8. The number of rotatable bonds is 6. The summed E-state index contributed by atoms with van der Waals surface area (Å²) in [6.07, 6.45) is 1.51. The summed E-state index contributed by atoms with van der Waals surface area (Å²) in [6.45, 7) is -0.243. The first-order valence-corrected chi connectivity index (χ1v) is 14.9. The van der Waals surface area contributed by atoms with Crippen LogP contribution in [0.2, 0.25) is 0 Å². The van der Waals surface area contributed by atoms with Crippen molar-refractivity contribution in [3.63, 3.8) is 0 Å². The lowest BCUT2D eigenvalue weighted by atomic mass is 9.87. The Bertz CT molecular complexity index is 1910. The largest absolute Gasteiger partial charge is 0.497 e. The molecule has 0 aliphatic carbocycles. The highest BCUT2D eigenvalue weighted by atomic mass is 32.2. The number of amides is 3. The monoisotopic (exact) mass is 597 g/mol. The van der Waals surface area contributed by atoms with E-state index in [1.807, 2.05) is 42.5 Å². The van der Waals surface area contributed by atoms with Crippen LogP contribution in [0.25, 0.3) is 10.8 Å². The summed E-state index contributed by atoms with van der Waals surface area (Å²) in [5, 5.41) is 4.50. The average Bonchev–Trinajstić information content (AvgIpc) is 3.70. The van der Waals surface area contributed by atoms with Crippen LogP contribution in [0.4, 0.5) is 11.4 Å². The highest BCUT2D eigenvalue weighted by Crippen LogP contribution is 2.54. The number of methoxy groups -OCH3 is 1. The molecule has 5 aromatic rings. The molecule has 0 saturated carbocycles. The fourth-order valence-corrected chi connectivity index (χ4v) is 8.44. The topological polar surface area (TPSA) is 111 Å². The average molecular weight is 598 g/mol. The number of thioether (sulfide) groups is 1. The van der Waals surface area contributed by atoms with Crippen LogP contribution in [0, 0.1) is 5.92 Å². The predicted molar refractivity (Wildman–Crippen MR) is 160 cm³/mol. The third kappa shape index (κ3) is 4.24. The van der Waals surface area contributed by atoms with Crippen LogP contribution >= 0.6 is 23.1 Å². The number of carbonyl (C=O) groups is 3. The summed E-state index contributed by atoms with van der Waals surface area (Å²) < 4.78 is 12.4. The second-order valence-corrected chi connectivity index (χ2v) is 12.1. The van der Waals surface area contributed by atoms with Gasteiger partial charge in [0.05, 0.1) is 40.8 Å². The van der Waals surface area contributed by atoms with Crippen molar-refractivity contribution in [2.24, 2.45) is 5.92 Å². The van der Waals surface area contributed by atoms with Crippen molar-refractivity contribution in [1.82, 2.24) is 4.57 Å². The summed E-state index contributed by atoms with van der Waals surface area (Å²) in [7, 11) is 1.54. The molecule has 1 saturated heterocycles. The van der Waals surface area contributed by atoms with Crippen LogP contribution in [-0.4, -0.2) is 34.6 Å². The van der Waals surface area contributed by atoms with E-state index in [1.165, 1.54) is 15.7 Å². The minimum absolute atomic E-state index is 0.243. The molecule has 0 bridgehead atoms. The maximum atomic E-state index is 13.9. The zero-order chi connectivity index (χ0) is 29.0. The fraction of sp³-hybridized carbons (Fsp3) is 0.161. The van der Waals surface area contributed by atoms with Gasteiger partial charge >= 0.3 is 4.87 Å². The van der Waals surface area contributed by atoms with Gasteiger partial charge in [0.25, 0.3) is 0 Å². The smallest absolute Gasteiger partial charge is 0.308 e. The molecule has 42 heavy (non-hydrogen) atoms. The molecule has 2 aliphatic rings. The maximum absolute atomic E-state index is 13.9. The molecule has 0 radical (unpaired) electrons. The van der Waals surface area contributed by atoms with E-state index in [0.717, 1.165) is 33.9 Å². The summed E-state index contributed by atoms with van der Waals surface area (Å²) in [4.78, 5) is 55.7. The Morgan fingerprint density at radius 3 is 2.50 bits per heavy atom. The summed E-state index contributed by atoms with van der Waals surface area (Å²) in [5.41, 5.74) is 1.08. The number of aromatic nitrogens is 1. The number of hydrogen-bond donors (Lipinski definition) is 1. The van der Waals surface area contributed by atoms with E-state index in [1.54, 1.807) is 43.5 Å². The molecule has 9 nitrogen and oxygen atoms in total. The summed E-state index contributed by atoms with van der Waals surface area (Å²) in [5.74, 6) is -1.46. The van der Waals surface area contributed by atoms with Crippen molar-refractivity contribution >= 4 is 63.0 Å². The van der Waals surface area contributed by atoms with Crippen molar-refractivity contribution in [2.75, 3.05) is 17.3 Å². The summed E-state index contributed by atoms with van der Waals surface area (Å²) >= 11 is 2.14. The lowest BCUT2D eigenvalue weighted by Gasteiger charge is -2.29. The number of anilines is 2. The van der Waals surface area contributed by atoms with Gasteiger partial charge in [-0.25, -0.2) is 4.90 Å². The molecule has 3 atom stereocenters. The van der Waals surface area contributed by atoms with Gasteiger partial charge in [0.15, 0.2) is 0 Å². The Morgan fingerprint density at radius 1 is 0.952 bits per heavy atom. The summed E-state index contributed by atoms with van der Waals surface area (Å²) in [6, 6.07) is 23.5. The molecular formula is C31H23N3O6S2. The fourth-order valence-electron chi connectivity index (χ4n) is 5.68. The second-order valence-electron chi connectivity index (χ2n) is 9.97. The lowest BCUT2D eigenvalue weighted by Crippen LogP contribution is -2.32. The maximum Gasteiger partial charge on any atom is 0.308 e. The van der Waals surface area contributed by atoms with Gasteiger partial charge in [-0.15, -0.1) is 0 Å². The van der Waals surface area contributed by atoms with Gasteiger partial charge in [0.1, 0.15) is 23.3 Å². The molecule has 1 fully saturated rings. The Hall–Kier alpha value is -4.61. The number of nitrogens with zero attached hydrogens (tertiary/aromatic N) is 2. The normalized spacial score (nSPS) is 19.5. The quantitative estimate of drug-likeness (QED) is 0.271. The van der Waals surface area contributed by atoms with Gasteiger partial charge in [0.2, 0.25) is 17.7 Å². The van der Waals surface area contributed by atoms with Gasteiger partial charge in [0, 0.05) is 11.1 Å². The molecular weight excluding hydrogens is 574 g/mol. The molecule has 11 heteroatoms. The standard InChI is InChI=1S/C31H23N3O6S2/c1-39-19-13-11-18(12-14-19)34-28(36)25-24(22-10-5-15-40-22)27-30(41-26(25)29(34)37)33(31(38)42-27)16-23(35)32-21-9-4-7-17-6-2-3-8-20(17)21/h2-15,24-26H,16H2,1H3,(H,32,35). The highest BCUT2D eigenvalue weighted by Gasteiger charge is 2.57. The number of nitrogens with one attached hydrogen (secondary N) is 1. The van der Waals surface area contributed by atoms with Gasteiger partial charge in [-0.1, -0.05) is 59.5 Å². The van der Waals surface area contributed by atoms with E-state index < -0.39 is 17.1 Å². The molecule has 3 amide bonds. The molecule has 7 rings (SSSR count). The minimum Gasteiger partial charge on any atom is -0.497 e. The van der Waals surface area contributed by atoms with Crippen LogP contribution in [0.5, 0.6) is 5.75 Å². The van der Waals surface area contributed by atoms with E-state index >= 15 is 0 Å². The van der Waals surface area contributed by atoms with E-state index in [4.69, 9.17) is 9.15 Å². The van der Waals surface area contributed by atoms with E-state index in [2.05, 4.69) is 5.32 Å². The number of thiazole rings is 1. The van der Waals surface area contributed by atoms with Crippen molar-refractivity contribution < 1.29 is 23.5 Å². The van der Waals surface area contributed by atoms with Crippen molar-refractivity contribution in [1.29, 1.82) is 0 Å². The first-order chi connectivity index (χ1) is 20.4. The number of benzene rings is 3. The van der Waals surface area contributed by atoms with Gasteiger partial charge in [-0.3, -0.25) is 23.7 Å². The molecule has 210 valence electrons. The van der Waals surface area contributed by atoms with E-state index in [0.29, 0.717) is 32.8 Å². The molecule has 0 spiro atoms. The Kier molecular flexibility index (Phi) is 6.47. The molecule has 2 aliphatic heterocycles. The number of ether oxygens (including phenoxy) is 1. The Morgan fingerprint density at radius 2 is 1.74 bits per heavy atom. The minimum atomic E-state index is -0.802. The third-order valence-electron chi connectivity index (χ3n) is 7.60. The zero-order valence-electron chi connectivity index (χ0n) is 22.2. The van der Waals surface area contributed by atoms with E-state index in [-0.39, 0.29) is 29.1 Å². The Balaban J connectivity index is 1.24. The van der Waals surface area contributed by atoms with Gasteiger partial charge in [-0.05, 0) is 47.9 Å². The van der Waals surface area contributed by atoms with Crippen LogP contribution in [0.1, 0.15) is 16.6 Å². The number of imide groups is 1. The SMILES string of the molecule is COc1ccc(N2C(=O)C3Sc4c(sc(=O)n4CC(=O)Nc4cccc5ccccc45)C(c4ccco4)C3C2=O)cc1.